The summed E-state index contributed by atoms with van der Waals surface area (Å²) in [6.07, 6.45) is 5.05. The molecule has 102 valence electrons. The number of aryl methyl sites for hydroxylation is 1. The van der Waals surface area contributed by atoms with Crippen molar-refractivity contribution in [2.45, 2.75) is 45.2 Å². The fourth-order valence-electron chi connectivity index (χ4n) is 3.79. The van der Waals surface area contributed by atoms with Crippen LogP contribution >= 0.6 is 11.6 Å². The molecule has 2 aliphatic rings. The molecular weight excluding hydrogens is 258 g/mol. The summed E-state index contributed by atoms with van der Waals surface area (Å²) < 4.78 is 0. The van der Waals surface area contributed by atoms with Crippen LogP contribution < -0.4 is 0 Å². The van der Waals surface area contributed by atoms with Crippen molar-refractivity contribution in [1.82, 2.24) is 4.90 Å². The molecule has 0 radical (unpaired) electrons. The summed E-state index contributed by atoms with van der Waals surface area (Å²) in [6.45, 7) is 2.72. The second kappa shape index (κ2) is 5.16. The highest BCUT2D eigenvalue weighted by atomic mass is 35.5. The monoisotopic (exact) mass is 277 g/mol. The molecule has 0 aliphatic heterocycles. The van der Waals surface area contributed by atoms with Crippen LogP contribution in [0, 0.1) is 18.8 Å². The number of rotatable bonds is 3. The van der Waals surface area contributed by atoms with Gasteiger partial charge < -0.3 is 4.90 Å². The van der Waals surface area contributed by atoms with Crippen molar-refractivity contribution in [3.8, 4) is 0 Å². The van der Waals surface area contributed by atoms with Crippen molar-refractivity contribution >= 4 is 17.0 Å². The molecule has 2 aliphatic carbocycles. The SMILES string of the molecule is Cc1ccc(CN(C(=O)Cl)C2CC3CCC2C3)cc1. The molecule has 2 nitrogen and oxygen atoms in total. The molecule has 19 heavy (non-hydrogen) atoms. The minimum atomic E-state index is -0.293. The molecule has 0 heterocycles. The summed E-state index contributed by atoms with van der Waals surface area (Å²) in [4.78, 5) is 13.7. The Morgan fingerprint density at radius 3 is 2.53 bits per heavy atom. The molecule has 0 aromatic heterocycles. The molecule has 1 aromatic carbocycles. The lowest BCUT2D eigenvalue weighted by molar-refractivity contribution is 0.162. The topological polar surface area (TPSA) is 20.3 Å². The van der Waals surface area contributed by atoms with Crippen LogP contribution in [0.25, 0.3) is 0 Å². The Labute approximate surface area is 119 Å². The van der Waals surface area contributed by atoms with Gasteiger partial charge in [0.2, 0.25) is 0 Å². The highest BCUT2D eigenvalue weighted by Crippen LogP contribution is 2.47. The summed E-state index contributed by atoms with van der Waals surface area (Å²) >= 11 is 5.83. The van der Waals surface area contributed by atoms with E-state index in [0.717, 1.165) is 12.3 Å². The maximum absolute atomic E-state index is 11.8. The van der Waals surface area contributed by atoms with Crippen LogP contribution in [-0.2, 0) is 6.54 Å². The number of carbonyl (C=O) groups is 1. The zero-order chi connectivity index (χ0) is 13.4. The van der Waals surface area contributed by atoms with Crippen molar-refractivity contribution in [3.05, 3.63) is 35.4 Å². The summed E-state index contributed by atoms with van der Waals surface area (Å²) in [5, 5.41) is -0.293. The minimum absolute atomic E-state index is 0.293. The lowest BCUT2D eigenvalue weighted by Crippen LogP contribution is -2.40. The summed E-state index contributed by atoms with van der Waals surface area (Å²) in [5.41, 5.74) is 2.41. The van der Waals surface area contributed by atoms with E-state index in [2.05, 4.69) is 31.2 Å². The molecule has 3 heteroatoms. The molecule has 3 unspecified atom stereocenters. The van der Waals surface area contributed by atoms with Gasteiger partial charge in [-0.1, -0.05) is 36.2 Å². The number of fused-ring (bicyclic) bond motifs is 2. The molecule has 0 saturated heterocycles. The fraction of sp³-hybridized carbons (Fsp3) is 0.562. The Morgan fingerprint density at radius 1 is 1.26 bits per heavy atom. The Balaban J connectivity index is 1.74. The molecular formula is C16H20ClNO. The second-order valence-electron chi connectivity index (χ2n) is 6.11. The van der Waals surface area contributed by atoms with Gasteiger partial charge in [0, 0.05) is 12.6 Å². The largest absolute Gasteiger partial charge is 0.322 e. The highest BCUT2D eigenvalue weighted by molar-refractivity contribution is 6.62. The first-order valence-corrected chi connectivity index (χ1v) is 7.53. The van der Waals surface area contributed by atoms with E-state index in [1.807, 2.05) is 4.90 Å². The molecule has 2 bridgehead atoms. The standard InChI is InChI=1S/C16H20ClNO/c1-11-2-4-12(5-3-11)10-18(16(17)19)15-9-13-6-7-14(15)8-13/h2-5,13-15H,6-10H2,1H3. The van der Waals surface area contributed by atoms with Crippen molar-refractivity contribution in [2.75, 3.05) is 0 Å². The van der Waals surface area contributed by atoms with Gasteiger partial charge in [-0.15, -0.1) is 0 Å². The second-order valence-corrected chi connectivity index (χ2v) is 6.43. The molecule has 0 spiro atoms. The first-order chi connectivity index (χ1) is 9.13. The third kappa shape index (κ3) is 2.64. The van der Waals surface area contributed by atoms with Crippen LogP contribution in [0.5, 0.6) is 0 Å². The Hall–Kier alpha value is -1.02. The molecule has 1 amide bonds. The number of benzene rings is 1. The highest BCUT2D eigenvalue weighted by Gasteiger charge is 2.43. The smallest absolute Gasteiger partial charge is 0.316 e. The first-order valence-electron chi connectivity index (χ1n) is 7.15. The molecule has 3 rings (SSSR count). The predicted molar refractivity (Wildman–Crippen MR) is 77.2 cm³/mol. The average molecular weight is 278 g/mol. The summed E-state index contributed by atoms with van der Waals surface area (Å²) in [6, 6.07) is 8.73. The molecule has 3 atom stereocenters. The zero-order valence-corrected chi connectivity index (χ0v) is 12.1. The summed E-state index contributed by atoms with van der Waals surface area (Å²) in [7, 11) is 0. The van der Waals surface area contributed by atoms with Crippen LogP contribution in [-0.4, -0.2) is 16.3 Å². The lowest BCUT2D eigenvalue weighted by atomic mass is 9.94. The van der Waals surface area contributed by atoms with Gasteiger partial charge in [0.1, 0.15) is 0 Å². The van der Waals surface area contributed by atoms with Gasteiger partial charge in [0.25, 0.3) is 0 Å². The van der Waals surface area contributed by atoms with E-state index in [1.165, 1.54) is 30.4 Å². The van der Waals surface area contributed by atoms with E-state index in [0.29, 0.717) is 18.5 Å². The van der Waals surface area contributed by atoms with Crippen molar-refractivity contribution in [3.63, 3.8) is 0 Å². The van der Waals surface area contributed by atoms with Crippen molar-refractivity contribution in [2.24, 2.45) is 11.8 Å². The Bertz CT molecular complexity index is 470. The van der Waals surface area contributed by atoms with Gasteiger partial charge >= 0.3 is 5.37 Å². The van der Waals surface area contributed by atoms with Gasteiger partial charge in [-0.2, -0.15) is 0 Å². The van der Waals surface area contributed by atoms with Gasteiger partial charge in [-0.05, 0) is 55.2 Å². The van der Waals surface area contributed by atoms with E-state index in [1.54, 1.807) is 0 Å². The molecule has 2 saturated carbocycles. The van der Waals surface area contributed by atoms with Crippen LogP contribution in [0.2, 0.25) is 0 Å². The van der Waals surface area contributed by atoms with Crippen LogP contribution in [0.4, 0.5) is 4.79 Å². The number of hydrogen-bond donors (Lipinski definition) is 0. The molecule has 0 N–H and O–H groups in total. The fourth-order valence-corrected chi connectivity index (χ4v) is 3.98. The maximum Gasteiger partial charge on any atom is 0.316 e. The van der Waals surface area contributed by atoms with Crippen LogP contribution in [0.15, 0.2) is 24.3 Å². The van der Waals surface area contributed by atoms with Crippen molar-refractivity contribution < 1.29 is 4.79 Å². The number of hydrogen-bond acceptors (Lipinski definition) is 1. The summed E-state index contributed by atoms with van der Waals surface area (Å²) in [5.74, 6) is 1.50. The van der Waals surface area contributed by atoms with Crippen molar-refractivity contribution in [1.29, 1.82) is 0 Å². The number of carbonyl (C=O) groups excluding carboxylic acids is 1. The van der Waals surface area contributed by atoms with Gasteiger partial charge in [-0.3, -0.25) is 4.79 Å². The van der Waals surface area contributed by atoms with Gasteiger partial charge in [0.05, 0.1) is 0 Å². The van der Waals surface area contributed by atoms with Gasteiger partial charge in [0.15, 0.2) is 0 Å². The van der Waals surface area contributed by atoms with E-state index < -0.39 is 0 Å². The Morgan fingerprint density at radius 2 is 2.00 bits per heavy atom. The Kier molecular flexibility index (Phi) is 3.53. The predicted octanol–water partition coefficient (Wildman–Crippen LogP) is 4.34. The lowest BCUT2D eigenvalue weighted by Gasteiger charge is -2.33. The minimum Gasteiger partial charge on any atom is -0.322 e. The third-order valence-electron chi connectivity index (χ3n) is 4.80. The van der Waals surface area contributed by atoms with Crippen LogP contribution in [0.3, 0.4) is 0 Å². The van der Waals surface area contributed by atoms with Crippen LogP contribution in [0.1, 0.15) is 36.8 Å². The number of nitrogens with zero attached hydrogens (tertiary/aromatic N) is 1. The van der Waals surface area contributed by atoms with E-state index >= 15 is 0 Å². The first kappa shape index (κ1) is 13.0. The molecule has 2 fully saturated rings. The number of amides is 1. The number of halogens is 1. The quantitative estimate of drug-likeness (QED) is 0.594. The zero-order valence-electron chi connectivity index (χ0n) is 11.3. The van der Waals surface area contributed by atoms with E-state index in [-0.39, 0.29) is 5.37 Å². The van der Waals surface area contributed by atoms with E-state index in [9.17, 15) is 4.79 Å². The maximum atomic E-state index is 11.8. The normalized spacial score (nSPS) is 28.6. The van der Waals surface area contributed by atoms with Gasteiger partial charge in [-0.25, -0.2) is 0 Å². The van der Waals surface area contributed by atoms with E-state index in [4.69, 9.17) is 11.6 Å². The third-order valence-corrected chi connectivity index (χ3v) is 5.02. The average Bonchev–Trinajstić information content (AvgIpc) is 3.00. The molecule has 1 aromatic rings.